The fourth-order valence-corrected chi connectivity index (χ4v) is 2.62. The molecular formula is C13H20O2. The highest BCUT2D eigenvalue weighted by atomic mass is 16.3. The molecule has 0 amide bonds. The minimum Gasteiger partial charge on any atom is -0.472 e. The third-order valence-electron chi connectivity index (χ3n) is 3.80. The fraction of sp³-hybridized carbons (Fsp3) is 0.692. The third kappa shape index (κ3) is 2.25. The summed E-state index contributed by atoms with van der Waals surface area (Å²) in [4.78, 5) is 0. The molecule has 0 spiro atoms. The van der Waals surface area contributed by atoms with E-state index in [2.05, 4.69) is 6.92 Å². The smallest absolute Gasteiger partial charge is 0.0963 e. The van der Waals surface area contributed by atoms with Gasteiger partial charge in [-0.3, -0.25) is 0 Å². The normalized spacial score (nSPS) is 32.5. The summed E-state index contributed by atoms with van der Waals surface area (Å²) in [5.74, 6) is 0.797. The second-order valence-electron chi connectivity index (χ2n) is 4.75. The zero-order valence-corrected chi connectivity index (χ0v) is 9.41. The van der Waals surface area contributed by atoms with Gasteiger partial charge in [-0.25, -0.2) is 0 Å². The van der Waals surface area contributed by atoms with Crippen molar-refractivity contribution < 1.29 is 9.52 Å². The van der Waals surface area contributed by atoms with Gasteiger partial charge in [-0.05, 0) is 37.7 Å². The van der Waals surface area contributed by atoms with Crippen molar-refractivity contribution in [1.82, 2.24) is 0 Å². The molecule has 1 aliphatic carbocycles. The Labute approximate surface area is 91.3 Å². The van der Waals surface area contributed by atoms with E-state index in [1.54, 1.807) is 12.5 Å². The van der Waals surface area contributed by atoms with E-state index in [0.29, 0.717) is 0 Å². The average Bonchev–Trinajstić information content (AvgIpc) is 2.71. The molecule has 1 aromatic heterocycles. The molecule has 2 nitrogen and oxygen atoms in total. The molecule has 0 bridgehead atoms. The molecule has 2 unspecified atom stereocenters. The summed E-state index contributed by atoms with van der Waals surface area (Å²) in [6.45, 7) is 2.24. The molecule has 1 saturated carbocycles. The van der Waals surface area contributed by atoms with Gasteiger partial charge in [0.1, 0.15) is 0 Å². The van der Waals surface area contributed by atoms with E-state index in [4.69, 9.17) is 4.42 Å². The van der Waals surface area contributed by atoms with Gasteiger partial charge in [0.05, 0.1) is 18.1 Å². The highest BCUT2D eigenvalue weighted by Gasteiger charge is 2.32. The van der Waals surface area contributed by atoms with Crippen LogP contribution in [0.5, 0.6) is 0 Å². The van der Waals surface area contributed by atoms with Gasteiger partial charge in [0.2, 0.25) is 0 Å². The third-order valence-corrected chi connectivity index (χ3v) is 3.80. The van der Waals surface area contributed by atoms with Gasteiger partial charge < -0.3 is 9.52 Å². The maximum Gasteiger partial charge on any atom is 0.0963 e. The number of furan rings is 1. The van der Waals surface area contributed by atoms with E-state index in [-0.39, 0.29) is 0 Å². The summed E-state index contributed by atoms with van der Waals surface area (Å²) in [6, 6.07) is 1.90. The quantitative estimate of drug-likeness (QED) is 0.755. The predicted octanol–water partition coefficient (Wildman–Crippen LogP) is 3.46. The molecule has 84 valence electrons. The van der Waals surface area contributed by atoms with E-state index < -0.39 is 5.60 Å². The molecule has 1 N–H and O–H groups in total. The Hall–Kier alpha value is -0.760. The van der Waals surface area contributed by atoms with E-state index >= 15 is 0 Å². The van der Waals surface area contributed by atoms with Crippen molar-refractivity contribution in [3.63, 3.8) is 0 Å². The SMILES string of the molecule is CCC1CCCC(O)(c2ccoc2)CC1. The Morgan fingerprint density at radius 3 is 3.00 bits per heavy atom. The van der Waals surface area contributed by atoms with Crippen LogP contribution >= 0.6 is 0 Å². The first-order valence-corrected chi connectivity index (χ1v) is 5.99. The van der Waals surface area contributed by atoms with Crippen LogP contribution in [0.2, 0.25) is 0 Å². The van der Waals surface area contributed by atoms with E-state index in [9.17, 15) is 5.11 Å². The fourth-order valence-electron chi connectivity index (χ4n) is 2.62. The lowest BCUT2D eigenvalue weighted by Gasteiger charge is -2.25. The summed E-state index contributed by atoms with van der Waals surface area (Å²) in [5.41, 5.74) is 0.330. The second-order valence-corrected chi connectivity index (χ2v) is 4.75. The Morgan fingerprint density at radius 2 is 2.33 bits per heavy atom. The maximum atomic E-state index is 10.6. The first-order chi connectivity index (χ1) is 7.24. The number of rotatable bonds is 2. The molecule has 1 aromatic rings. The van der Waals surface area contributed by atoms with Crippen molar-refractivity contribution >= 4 is 0 Å². The molecule has 15 heavy (non-hydrogen) atoms. The Bertz CT molecular complexity index is 291. The second kappa shape index (κ2) is 4.40. The predicted molar refractivity (Wildman–Crippen MR) is 59.5 cm³/mol. The number of hydrogen-bond acceptors (Lipinski definition) is 2. The minimum absolute atomic E-state index is 0.628. The summed E-state index contributed by atoms with van der Waals surface area (Å²) in [5, 5.41) is 10.6. The lowest BCUT2D eigenvalue weighted by molar-refractivity contribution is 0.0191. The van der Waals surface area contributed by atoms with Crippen LogP contribution in [0.15, 0.2) is 23.0 Å². The average molecular weight is 208 g/mol. The molecule has 1 heterocycles. The van der Waals surface area contributed by atoms with Crippen LogP contribution in [-0.4, -0.2) is 5.11 Å². The first-order valence-electron chi connectivity index (χ1n) is 5.99. The molecule has 0 aliphatic heterocycles. The first kappa shape index (κ1) is 10.7. The highest BCUT2D eigenvalue weighted by molar-refractivity contribution is 5.16. The van der Waals surface area contributed by atoms with Gasteiger partial charge in [-0.1, -0.05) is 19.8 Å². The number of hydrogen-bond donors (Lipinski definition) is 1. The largest absolute Gasteiger partial charge is 0.472 e. The summed E-state index contributed by atoms with van der Waals surface area (Å²) in [6.07, 6.45) is 9.85. The molecule has 2 heteroatoms. The zero-order valence-electron chi connectivity index (χ0n) is 9.41. The van der Waals surface area contributed by atoms with Crippen molar-refractivity contribution in [2.75, 3.05) is 0 Å². The van der Waals surface area contributed by atoms with Gasteiger partial charge in [0.15, 0.2) is 0 Å². The molecule has 1 fully saturated rings. The maximum absolute atomic E-state index is 10.6. The van der Waals surface area contributed by atoms with Gasteiger partial charge in [0.25, 0.3) is 0 Å². The summed E-state index contributed by atoms with van der Waals surface area (Å²) < 4.78 is 5.07. The summed E-state index contributed by atoms with van der Waals surface area (Å²) >= 11 is 0. The molecule has 0 aromatic carbocycles. The van der Waals surface area contributed by atoms with Gasteiger partial charge in [-0.15, -0.1) is 0 Å². The molecule has 1 aliphatic rings. The van der Waals surface area contributed by atoms with Gasteiger partial charge in [0, 0.05) is 5.56 Å². The molecular weight excluding hydrogens is 188 g/mol. The van der Waals surface area contributed by atoms with Crippen LogP contribution in [-0.2, 0) is 5.60 Å². The van der Waals surface area contributed by atoms with Crippen molar-refractivity contribution in [1.29, 1.82) is 0 Å². The zero-order chi connectivity index (χ0) is 10.7. The van der Waals surface area contributed by atoms with Crippen LogP contribution in [0.1, 0.15) is 51.0 Å². The lowest BCUT2D eigenvalue weighted by Crippen LogP contribution is -2.24. The molecule has 0 saturated heterocycles. The van der Waals surface area contributed by atoms with Crippen LogP contribution in [0.3, 0.4) is 0 Å². The van der Waals surface area contributed by atoms with Crippen molar-refractivity contribution in [2.45, 2.75) is 51.0 Å². The number of aliphatic hydroxyl groups is 1. The van der Waals surface area contributed by atoms with Crippen LogP contribution in [0.25, 0.3) is 0 Å². The van der Waals surface area contributed by atoms with Crippen molar-refractivity contribution in [3.05, 3.63) is 24.2 Å². The van der Waals surface area contributed by atoms with E-state index in [1.807, 2.05) is 6.07 Å². The van der Waals surface area contributed by atoms with Crippen LogP contribution < -0.4 is 0 Å². The standard InChI is InChI=1S/C13H20O2/c1-2-11-4-3-7-13(14,8-5-11)12-6-9-15-10-12/h6,9-11,14H,2-5,7-8H2,1H3. The lowest BCUT2D eigenvalue weighted by atomic mass is 9.88. The monoisotopic (exact) mass is 208 g/mol. The van der Waals surface area contributed by atoms with Crippen LogP contribution in [0.4, 0.5) is 0 Å². The highest BCUT2D eigenvalue weighted by Crippen LogP contribution is 2.38. The molecule has 0 radical (unpaired) electrons. The van der Waals surface area contributed by atoms with E-state index in [0.717, 1.165) is 37.2 Å². The van der Waals surface area contributed by atoms with Crippen LogP contribution in [0, 0.1) is 5.92 Å². The molecule has 2 atom stereocenters. The Balaban J connectivity index is 2.09. The topological polar surface area (TPSA) is 33.4 Å². The minimum atomic E-state index is -0.628. The van der Waals surface area contributed by atoms with Gasteiger partial charge in [-0.2, -0.15) is 0 Å². The summed E-state index contributed by atoms with van der Waals surface area (Å²) in [7, 11) is 0. The Kier molecular flexibility index (Phi) is 3.15. The van der Waals surface area contributed by atoms with Gasteiger partial charge >= 0.3 is 0 Å². The Morgan fingerprint density at radius 1 is 1.47 bits per heavy atom. The van der Waals surface area contributed by atoms with Crippen molar-refractivity contribution in [2.24, 2.45) is 5.92 Å². The van der Waals surface area contributed by atoms with E-state index in [1.165, 1.54) is 12.8 Å². The molecule has 2 rings (SSSR count). The van der Waals surface area contributed by atoms with Crippen molar-refractivity contribution in [3.8, 4) is 0 Å².